The molecule has 0 fully saturated rings. The van der Waals surface area contributed by atoms with Gasteiger partial charge in [0.05, 0.1) is 4.90 Å². The summed E-state index contributed by atoms with van der Waals surface area (Å²) in [7, 11) is -3.97. The molecule has 0 aliphatic heterocycles. The van der Waals surface area contributed by atoms with E-state index in [0.29, 0.717) is 5.56 Å². The Morgan fingerprint density at radius 2 is 1.74 bits per heavy atom. The van der Waals surface area contributed by atoms with Crippen LogP contribution in [-0.4, -0.2) is 36.6 Å². The number of nitrogens with one attached hydrogen (secondary N) is 1. The number of carboxylic acids is 2. The van der Waals surface area contributed by atoms with Crippen LogP contribution in [0.2, 0.25) is 0 Å². The molecule has 0 saturated carbocycles. The summed E-state index contributed by atoms with van der Waals surface area (Å²) in [6.07, 6.45) is 2.43. The van der Waals surface area contributed by atoms with Crippen molar-refractivity contribution in [3.05, 3.63) is 35.9 Å². The summed E-state index contributed by atoms with van der Waals surface area (Å²) in [4.78, 5) is 21.5. The van der Waals surface area contributed by atoms with Crippen LogP contribution in [0.4, 0.5) is 0 Å². The molecule has 126 valence electrons. The maximum absolute atomic E-state index is 12.2. The van der Waals surface area contributed by atoms with E-state index in [4.69, 9.17) is 10.2 Å². The SMILES string of the molecule is CC(C)C[C@H](NS(=O)(=O)c1ccc(/C=C/C(=O)O)cc1)C(=O)O. The first-order valence-electron chi connectivity index (χ1n) is 6.88. The van der Waals surface area contributed by atoms with Crippen molar-refractivity contribution in [1.29, 1.82) is 0 Å². The molecule has 0 spiro atoms. The molecule has 23 heavy (non-hydrogen) atoms. The molecule has 0 amide bonds. The van der Waals surface area contributed by atoms with Crippen molar-refractivity contribution in [3.63, 3.8) is 0 Å². The van der Waals surface area contributed by atoms with Gasteiger partial charge in [-0.25, -0.2) is 13.2 Å². The summed E-state index contributed by atoms with van der Waals surface area (Å²) in [6.45, 7) is 3.60. The number of benzene rings is 1. The fraction of sp³-hybridized carbons (Fsp3) is 0.333. The van der Waals surface area contributed by atoms with Gasteiger partial charge in [-0.1, -0.05) is 26.0 Å². The van der Waals surface area contributed by atoms with Gasteiger partial charge in [-0.2, -0.15) is 4.72 Å². The normalized spacial score (nSPS) is 13.3. The predicted molar refractivity (Wildman–Crippen MR) is 84.3 cm³/mol. The Morgan fingerprint density at radius 1 is 1.17 bits per heavy atom. The molecular formula is C15H19NO6S. The highest BCUT2D eigenvalue weighted by molar-refractivity contribution is 7.89. The number of rotatable bonds is 8. The lowest BCUT2D eigenvalue weighted by atomic mass is 10.1. The number of aliphatic carboxylic acids is 2. The molecule has 0 aliphatic rings. The van der Waals surface area contributed by atoms with Crippen LogP contribution in [-0.2, 0) is 19.6 Å². The minimum Gasteiger partial charge on any atom is -0.480 e. The second-order valence-electron chi connectivity index (χ2n) is 5.38. The van der Waals surface area contributed by atoms with Crippen molar-refractivity contribution < 1.29 is 28.2 Å². The smallest absolute Gasteiger partial charge is 0.328 e. The standard InChI is InChI=1S/C15H19NO6S/c1-10(2)9-13(15(19)20)16-23(21,22)12-6-3-11(4-7-12)5-8-14(17)18/h3-8,10,13,16H,9H2,1-2H3,(H,17,18)(H,19,20)/b8-5+/t13-/m0/s1. The minimum atomic E-state index is -3.97. The third-order valence-corrected chi connectivity index (χ3v) is 4.40. The number of carboxylic acid groups (broad SMARTS) is 2. The summed E-state index contributed by atoms with van der Waals surface area (Å²) in [6, 6.07) is 4.25. The molecule has 0 saturated heterocycles. The van der Waals surface area contributed by atoms with Crippen molar-refractivity contribution in [2.45, 2.75) is 31.2 Å². The van der Waals surface area contributed by atoms with Crippen molar-refractivity contribution in [2.24, 2.45) is 5.92 Å². The molecule has 0 aliphatic carbocycles. The van der Waals surface area contributed by atoms with Crippen molar-refractivity contribution >= 4 is 28.0 Å². The average Bonchev–Trinajstić information content (AvgIpc) is 2.44. The van der Waals surface area contributed by atoms with E-state index in [-0.39, 0.29) is 17.2 Å². The van der Waals surface area contributed by atoms with E-state index in [1.165, 1.54) is 30.3 Å². The van der Waals surface area contributed by atoms with Crippen LogP contribution in [0, 0.1) is 5.92 Å². The van der Waals surface area contributed by atoms with Gasteiger partial charge in [0.1, 0.15) is 6.04 Å². The van der Waals surface area contributed by atoms with Gasteiger partial charge in [0.15, 0.2) is 0 Å². The summed E-state index contributed by atoms with van der Waals surface area (Å²) in [5.41, 5.74) is 0.517. The fourth-order valence-corrected chi connectivity index (χ4v) is 3.05. The highest BCUT2D eigenvalue weighted by atomic mass is 32.2. The van der Waals surface area contributed by atoms with Crippen LogP contribution >= 0.6 is 0 Å². The van der Waals surface area contributed by atoms with Crippen LogP contribution in [0.25, 0.3) is 6.08 Å². The maximum atomic E-state index is 12.2. The zero-order valence-electron chi connectivity index (χ0n) is 12.8. The van der Waals surface area contributed by atoms with Crippen LogP contribution < -0.4 is 4.72 Å². The molecule has 0 aromatic heterocycles. The third-order valence-electron chi connectivity index (χ3n) is 2.91. The lowest BCUT2D eigenvalue weighted by molar-refractivity contribution is -0.139. The topological polar surface area (TPSA) is 121 Å². The molecule has 0 radical (unpaired) electrons. The second kappa shape index (κ2) is 7.89. The largest absolute Gasteiger partial charge is 0.480 e. The van der Waals surface area contributed by atoms with Crippen LogP contribution in [0.3, 0.4) is 0 Å². The highest BCUT2D eigenvalue weighted by Crippen LogP contribution is 2.14. The Labute approximate surface area is 134 Å². The molecule has 0 unspecified atom stereocenters. The van der Waals surface area contributed by atoms with Crippen molar-refractivity contribution in [2.75, 3.05) is 0 Å². The monoisotopic (exact) mass is 341 g/mol. The third kappa shape index (κ3) is 6.21. The Hall–Kier alpha value is -2.19. The van der Waals surface area contributed by atoms with Gasteiger partial charge >= 0.3 is 11.9 Å². The molecule has 0 bridgehead atoms. The zero-order chi connectivity index (χ0) is 17.6. The number of hydrogen-bond donors (Lipinski definition) is 3. The lowest BCUT2D eigenvalue weighted by Crippen LogP contribution is -2.41. The molecule has 0 heterocycles. The first-order chi connectivity index (χ1) is 10.6. The molecule has 3 N–H and O–H groups in total. The molecule has 7 nitrogen and oxygen atoms in total. The van der Waals surface area contributed by atoms with Crippen LogP contribution in [0.15, 0.2) is 35.2 Å². The molecule has 1 atom stereocenters. The van der Waals surface area contributed by atoms with Gasteiger partial charge < -0.3 is 10.2 Å². The van der Waals surface area contributed by atoms with Crippen molar-refractivity contribution in [1.82, 2.24) is 4.72 Å². The molecule has 1 aromatic rings. The molecule has 1 rings (SSSR count). The molecule has 1 aromatic carbocycles. The van der Waals surface area contributed by atoms with E-state index < -0.39 is 28.0 Å². The Bertz CT molecular complexity index is 691. The van der Waals surface area contributed by atoms with E-state index in [1.54, 1.807) is 13.8 Å². The first kappa shape index (κ1) is 18.9. The fourth-order valence-electron chi connectivity index (χ4n) is 1.85. The van der Waals surface area contributed by atoms with E-state index >= 15 is 0 Å². The summed E-state index contributed by atoms with van der Waals surface area (Å²) in [5.74, 6) is -2.33. The summed E-state index contributed by atoms with van der Waals surface area (Å²) < 4.78 is 26.6. The molecular weight excluding hydrogens is 322 g/mol. The Kier molecular flexibility index (Phi) is 6.47. The highest BCUT2D eigenvalue weighted by Gasteiger charge is 2.25. The Morgan fingerprint density at radius 3 is 2.17 bits per heavy atom. The number of sulfonamides is 1. The quantitative estimate of drug-likeness (QED) is 0.617. The van der Waals surface area contributed by atoms with E-state index in [2.05, 4.69) is 4.72 Å². The van der Waals surface area contributed by atoms with Gasteiger partial charge in [-0.15, -0.1) is 0 Å². The van der Waals surface area contributed by atoms with Crippen molar-refractivity contribution in [3.8, 4) is 0 Å². The zero-order valence-corrected chi connectivity index (χ0v) is 13.6. The second-order valence-corrected chi connectivity index (χ2v) is 7.10. The van der Waals surface area contributed by atoms with E-state index in [0.717, 1.165) is 6.08 Å². The van der Waals surface area contributed by atoms with Gasteiger partial charge in [-0.3, -0.25) is 4.79 Å². The van der Waals surface area contributed by atoms with Gasteiger partial charge in [-0.05, 0) is 36.1 Å². The maximum Gasteiger partial charge on any atom is 0.328 e. The molecule has 8 heteroatoms. The van der Waals surface area contributed by atoms with Gasteiger partial charge in [0, 0.05) is 6.08 Å². The Balaban J connectivity index is 2.95. The van der Waals surface area contributed by atoms with Gasteiger partial charge in [0.2, 0.25) is 10.0 Å². The van der Waals surface area contributed by atoms with Crippen LogP contribution in [0.5, 0.6) is 0 Å². The summed E-state index contributed by atoms with van der Waals surface area (Å²) >= 11 is 0. The van der Waals surface area contributed by atoms with Crippen LogP contribution in [0.1, 0.15) is 25.8 Å². The minimum absolute atomic E-state index is 0.0160. The number of carbonyl (C=O) groups is 2. The first-order valence-corrected chi connectivity index (χ1v) is 8.36. The average molecular weight is 341 g/mol. The van der Waals surface area contributed by atoms with E-state index in [1.807, 2.05) is 0 Å². The van der Waals surface area contributed by atoms with Gasteiger partial charge in [0.25, 0.3) is 0 Å². The van der Waals surface area contributed by atoms with E-state index in [9.17, 15) is 18.0 Å². The summed E-state index contributed by atoms with van der Waals surface area (Å²) in [5, 5.41) is 17.6. The lowest BCUT2D eigenvalue weighted by Gasteiger charge is -2.16. The number of hydrogen-bond acceptors (Lipinski definition) is 4. The predicted octanol–water partition coefficient (Wildman–Crippen LogP) is 1.56.